The van der Waals surface area contributed by atoms with Crippen molar-refractivity contribution in [3.05, 3.63) is 64.9 Å². The van der Waals surface area contributed by atoms with Gasteiger partial charge in [-0.3, -0.25) is 4.90 Å². The first kappa shape index (κ1) is 24.4. The van der Waals surface area contributed by atoms with E-state index in [1.165, 1.54) is 0 Å². The number of carbonyl (C=O) groups is 1. The summed E-state index contributed by atoms with van der Waals surface area (Å²) in [6.45, 7) is 5.72. The van der Waals surface area contributed by atoms with Gasteiger partial charge in [-0.05, 0) is 48.2 Å². The zero-order valence-electron chi connectivity index (χ0n) is 20.7. The van der Waals surface area contributed by atoms with Crippen LogP contribution in [0.25, 0.3) is 27.4 Å². The Balaban J connectivity index is 1.88. The summed E-state index contributed by atoms with van der Waals surface area (Å²) in [7, 11) is 3.22. The first-order chi connectivity index (χ1) is 17.5. The van der Waals surface area contributed by atoms with Gasteiger partial charge in [0.15, 0.2) is 11.5 Å². The van der Waals surface area contributed by atoms with Gasteiger partial charge in [-0.25, -0.2) is 4.79 Å². The number of hydrogen-bond acceptors (Lipinski definition) is 6. The number of pyridine rings is 1. The van der Waals surface area contributed by atoms with Crippen LogP contribution in [-0.2, 0) is 16.0 Å². The van der Waals surface area contributed by atoms with Crippen molar-refractivity contribution >= 4 is 33.9 Å². The number of nitrogens with zero attached hydrogens (tertiary/aromatic N) is 2. The van der Waals surface area contributed by atoms with Crippen LogP contribution in [0.15, 0.2) is 48.7 Å². The molecule has 0 spiro atoms. The molecule has 188 valence electrons. The van der Waals surface area contributed by atoms with Crippen LogP contribution in [0, 0.1) is 0 Å². The molecule has 0 amide bonds. The number of ether oxygens (including phenoxy) is 4. The van der Waals surface area contributed by atoms with Gasteiger partial charge < -0.3 is 23.3 Å². The van der Waals surface area contributed by atoms with Crippen LogP contribution in [0.3, 0.4) is 0 Å². The van der Waals surface area contributed by atoms with Crippen molar-refractivity contribution in [3.8, 4) is 22.6 Å². The average molecular weight is 509 g/mol. The molecule has 0 radical (unpaired) electrons. The number of halogens is 1. The number of esters is 1. The Morgan fingerprint density at radius 2 is 1.81 bits per heavy atom. The molecule has 1 aliphatic rings. The van der Waals surface area contributed by atoms with Gasteiger partial charge in [0.25, 0.3) is 0 Å². The molecule has 1 aliphatic heterocycles. The predicted molar refractivity (Wildman–Crippen MR) is 141 cm³/mol. The van der Waals surface area contributed by atoms with Crippen LogP contribution in [0.2, 0.25) is 5.02 Å². The highest BCUT2D eigenvalue weighted by Crippen LogP contribution is 2.41. The van der Waals surface area contributed by atoms with E-state index in [1.807, 2.05) is 55.6 Å². The number of methoxy groups -OCH3 is 2. The van der Waals surface area contributed by atoms with E-state index in [2.05, 4.69) is 9.30 Å². The molecular formula is C28H29ClN2O5. The Morgan fingerprint density at radius 1 is 1.06 bits per heavy atom. The highest BCUT2D eigenvalue weighted by Gasteiger charge is 2.29. The van der Waals surface area contributed by atoms with Crippen LogP contribution >= 0.6 is 11.6 Å². The van der Waals surface area contributed by atoms with Gasteiger partial charge in [-0.1, -0.05) is 23.7 Å². The number of hydrogen-bond donors (Lipinski definition) is 0. The quantitative estimate of drug-likeness (QED) is 0.310. The molecule has 1 fully saturated rings. The van der Waals surface area contributed by atoms with E-state index < -0.39 is 0 Å². The van der Waals surface area contributed by atoms with E-state index in [4.69, 9.17) is 30.5 Å². The molecule has 4 aromatic rings. The summed E-state index contributed by atoms with van der Waals surface area (Å²) in [5.74, 6) is 0.843. The minimum Gasteiger partial charge on any atom is -0.493 e. The van der Waals surface area contributed by atoms with Crippen molar-refractivity contribution in [1.82, 2.24) is 9.30 Å². The van der Waals surface area contributed by atoms with Crippen molar-refractivity contribution in [2.75, 3.05) is 47.1 Å². The first-order valence-electron chi connectivity index (χ1n) is 12.0. The highest BCUT2D eigenvalue weighted by molar-refractivity contribution is 6.31. The van der Waals surface area contributed by atoms with Crippen LogP contribution < -0.4 is 9.47 Å². The third kappa shape index (κ3) is 4.39. The fourth-order valence-corrected chi connectivity index (χ4v) is 5.13. The zero-order valence-corrected chi connectivity index (χ0v) is 21.4. The lowest BCUT2D eigenvalue weighted by atomic mass is 9.99. The normalized spacial score (nSPS) is 14.3. The third-order valence-corrected chi connectivity index (χ3v) is 6.83. The Bertz CT molecular complexity index is 1420. The molecule has 8 heteroatoms. The molecule has 2 aromatic carbocycles. The Kier molecular flexibility index (Phi) is 7.05. The Labute approximate surface area is 215 Å². The van der Waals surface area contributed by atoms with E-state index in [1.54, 1.807) is 14.2 Å². The minimum atomic E-state index is -0.375. The lowest BCUT2D eigenvalue weighted by Gasteiger charge is -2.27. The smallest absolute Gasteiger partial charge is 0.340 e. The molecule has 0 bridgehead atoms. The molecule has 5 rings (SSSR count). The molecule has 0 atom stereocenters. The predicted octanol–water partition coefficient (Wildman–Crippen LogP) is 5.44. The molecule has 0 unspecified atom stereocenters. The maximum absolute atomic E-state index is 13.6. The van der Waals surface area contributed by atoms with Gasteiger partial charge in [-0.2, -0.15) is 0 Å². The summed E-state index contributed by atoms with van der Waals surface area (Å²) in [5, 5.41) is 2.40. The molecule has 0 aliphatic carbocycles. The second-order valence-electron chi connectivity index (χ2n) is 8.64. The molecule has 2 aromatic heterocycles. The Hall–Kier alpha value is -3.26. The SMILES string of the molecule is CCOC(=O)c1c(-c2cccc(Cl)c2)c(CN2CCOCC2)n2ccc3cc(OC)c(OC)cc3c12. The molecule has 7 nitrogen and oxygen atoms in total. The number of morpholine rings is 1. The van der Waals surface area contributed by atoms with Crippen molar-refractivity contribution in [3.63, 3.8) is 0 Å². The average Bonchev–Trinajstić information content (AvgIpc) is 3.23. The lowest BCUT2D eigenvalue weighted by Crippen LogP contribution is -2.36. The second-order valence-corrected chi connectivity index (χ2v) is 9.08. The summed E-state index contributed by atoms with van der Waals surface area (Å²) in [6, 6.07) is 13.5. The summed E-state index contributed by atoms with van der Waals surface area (Å²) >= 11 is 6.42. The molecule has 1 saturated heterocycles. The van der Waals surface area contributed by atoms with Crippen LogP contribution in [-0.4, -0.2) is 62.4 Å². The standard InChI is InChI=1S/C28H29ClN2O5/c1-4-36-28(32)26-25(19-6-5-7-20(29)14-19)22(17-30-10-12-35-13-11-30)31-9-8-18-15-23(33-2)24(34-3)16-21(18)27(26)31/h5-9,14-16H,4,10-13,17H2,1-3H3. The third-order valence-electron chi connectivity index (χ3n) is 6.59. The van der Waals surface area contributed by atoms with E-state index in [0.29, 0.717) is 41.8 Å². The Morgan fingerprint density at radius 3 is 2.50 bits per heavy atom. The highest BCUT2D eigenvalue weighted by atomic mass is 35.5. The number of rotatable bonds is 7. The molecular weight excluding hydrogens is 480 g/mol. The second kappa shape index (κ2) is 10.4. The minimum absolute atomic E-state index is 0.270. The number of benzene rings is 2. The topological polar surface area (TPSA) is 61.6 Å². The number of fused-ring (bicyclic) bond motifs is 3. The number of carbonyl (C=O) groups excluding carboxylic acids is 1. The first-order valence-corrected chi connectivity index (χ1v) is 12.4. The van der Waals surface area contributed by atoms with Crippen LogP contribution in [0.5, 0.6) is 11.5 Å². The largest absolute Gasteiger partial charge is 0.493 e. The summed E-state index contributed by atoms with van der Waals surface area (Å²) in [4.78, 5) is 15.9. The fourth-order valence-electron chi connectivity index (χ4n) is 4.94. The zero-order chi connectivity index (χ0) is 25.2. The summed E-state index contributed by atoms with van der Waals surface area (Å²) < 4.78 is 24.4. The molecule has 0 N–H and O–H groups in total. The number of aromatic nitrogens is 1. The molecule has 36 heavy (non-hydrogen) atoms. The van der Waals surface area contributed by atoms with Crippen molar-refractivity contribution in [2.24, 2.45) is 0 Å². The molecule has 0 saturated carbocycles. The fraction of sp³-hybridized carbons (Fsp3) is 0.321. The van der Waals surface area contributed by atoms with Gasteiger partial charge in [-0.15, -0.1) is 0 Å². The van der Waals surface area contributed by atoms with E-state index in [-0.39, 0.29) is 12.6 Å². The van der Waals surface area contributed by atoms with Crippen molar-refractivity contribution in [1.29, 1.82) is 0 Å². The van der Waals surface area contributed by atoms with Gasteiger partial charge in [0, 0.05) is 47.5 Å². The van der Waals surface area contributed by atoms with Gasteiger partial charge in [0.2, 0.25) is 0 Å². The van der Waals surface area contributed by atoms with Gasteiger partial charge in [0.1, 0.15) is 0 Å². The van der Waals surface area contributed by atoms with Crippen molar-refractivity contribution in [2.45, 2.75) is 13.5 Å². The van der Waals surface area contributed by atoms with Crippen LogP contribution in [0.4, 0.5) is 0 Å². The van der Waals surface area contributed by atoms with E-state index in [9.17, 15) is 4.79 Å². The lowest BCUT2D eigenvalue weighted by molar-refractivity contribution is 0.0336. The summed E-state index contributed by atoms with van der Waals surface area (Å²) in [5.41, 5.74) is 3.97. The van der Waals surface area contributed by atoms with Crippen LogP contribution in [0.1, 0.15) is 23.0 Å². The van der Waals surface area contributed by atoms with Gasteiger partial charge in [0.05, 0.1) is 45.1 Å². The maximum atomic E-state index is 13.6. The van der Waals surface area contributed by atoms with Gasteiger partial charge >= 0.3 is 5.97 Å². The molecule has 3 heterocycles. The maximum Gasteiger partial charge on any atom is 0.340 e. The monoisotopic (exact) mass is 508 g/mol. The summed E-state index contributed by atoms with van der Waals surface area (Å²) in [6.07, 6.45) is 2.01. The van der Waals surface area contributed by atoms with E-state index in [0.717, 1.165) is 46.2 Å². The van der Waals surface area contributed by atoms with Crippen molar-refractivity contribution < 1.29 is 23.7 Å². The van der Waals surface area contributed by atoms with E-state index >= 15 is 0 Å².